The molecule has 0 heterocycles. The molecule has 0 fully saturated rings. The minimum atomic E-state index is -4.72. The van der Waals surface area contributed by atoms with Gasteiger partial charge in [0.25, 0.3) is 0 Å². The fraction of sp³-hybridized carbons (Fsp3) is 0.133. The highest BCUT2D eigenvalue weighted by molar-refractivity contribution is 5.43. The van der Waals surface area contributed by atoms with Crippen molar-refractivity contribution >= 4 is 0 Å². The fourth-order valence-corrected chi connectivity index (χ4v) is 1.87. The molecule has 0 amide bonds. The van der Waals surface area contributed by atoms with E-state index in [0.717, 1.165) is 24.3 Å². The van der Waals surface area contributed by atoms with Crippen LogP contribution in [-0.4, -0.2) is 0 Å². The molecule has 0 spiro atoms. The molecule has 0 aliphatic rings. The lowest BCUT2D eigenvalue weighted by molar-refractivity contribution is -0.224. The van der Waals surface area contributed by atoms with Crippen molar-refractivity contribution in [1.29, 1.82) is 5.26 Å². The lowest BCUT2D eigenvalue weighted by atomic mass is 9.93. The van der Waals surface area contributed by atoms with Crippen molar-refractivity contribution in [3.05, 3.63) is 71.0 Å². The number of alkyl halides is 4. The van der Waals surface area contributed by atoms with Gasteiger partial charge in [0.15, 0.2) is 0 Å². The van der Waals surface area contributed by atoms with Gasteiger partial charge in [-0.3, -0.25) is 0 Å². The van der Waals surface area contributed by atoms with Gasteiger partial charge >= 0.3 is 11.8 Å². The molecule has 6 heteroatoms. The zero-order valence-corrected chi connectivity index (χ0v) is 10.5. The molecule has 2 aromatic rings. The van der Waals surface area contributed by atoms with E-state index in [-0.39, 0.29) is 6.07 Å². The summed E-state index contributed by atoms with van der Waals surface area (Å²) in [5.74, 6) is -10.4. The minimum absolute atomic E-state index is 0.259. The molecule has 21 heavy (non-hydrogen) atoms. The van der Waals surface area contributed by atoms with Crippen LogP contribution in [0.2, 0.25) is 0 Å². The molecule has 0 saturated heterocycles. The number of nitriles is 1. The quantitative estimate of drug-likeness (QED) is 0.761. The number of benzene rings is 2. The van der Waals surface area contributed by atoms with Crippen LogP contribution in [-0.2, 0) is 11.8 Å². The molecule has 0 saturated carbocycles. The number of nitrogens with zero attached hydrogens (tertiary/aromatic N) is 1. The third kappa shape index (κ3) is 2.47. The number of hydrogen-bond acceptors (Lipinski definition) is 1. The van der Waals surface area contributed by atoms with Gasteiger partial charge < -0.3 is 0 Å². The second kappa shape index (κ2) is 5.17. The lowest BCUT2D eigenvalue weighted by Gasteiger charge is -2.27. The normalized spacial score (nSPS) is 12.0. The van der Waals surface area contributed by atoms with Crippen LogP contribution in [0.5, 0.6) is 0 Å². The molecule has 0 radical (unpaired) electrons. The molecule has 2 rings (SSSR count). The van der Waals surface area contributed by atoms with Crippen molar-refractivity contribution in [2.45, 2.75) is 11.8 Å². The summed E-state index contributed by atoms with van der Waals surface area (Å²) in [6, 6.07) is 8.62. The number of hydrogen-bond donors (Lipinski definition) is 0. The third-order valence-corrected chi connectivity index (χ3v) is 2.97. The van der Waals surface area contributed by atoms with Crippen molar-refractivity contribution in [3.8, 4) is 6.07 Å². The summed E-state index contributed by atoms with van der Waals surface area (Å²) in [7, 11) is 0. The first-order valence-electron chi connectivity index (χ1n) is 5.82. The molecule has 0 unspecified atom stereocenters. The van der Waals surface area contributed by atoms with Crippen LogP contribution in [0.4, 0.5) is 22.0 Å². The van der Waals surface area contributed by atoms with Gasteiger partial charge in [0.2, 0.25) is 0 Å². The first-order chi connectivity index (χ1) is 9.80. The Bertz CT molecular complexity index is 689. The summed E-state index contributed by atoms with van der Waals surface area (Å²) in [6.07, 6.45) is 0. The fourth-order valence-electron chi connectivity index (χ4n) is 1.87. The van der Waals surface area contributed by atoms with E-state index >= 15 is 0 Å². The van der Waals surface area contributed by atoms with E-state index in [1.165, 1.54) is 24.3 Å². The second-order valence-corrected chi connectivity index (χ2v) is 4.32. The van der Waals surface area contributed by atoms with Crippen LogP contribution in [0, 0.1) is 17.1 Å². The number of rotatable bonds is 3. The van der Waals surface area contributed by atoms with Crippen LogP contribution in [0.1, 0.15) is 16.7 Å². The standard InChI is InChI=1S/C15H8F5N/c16-12-7-6-10(9-21)13(8-12)15(19,20)14(17,18)11-4-2-1-3-5-11/h1-8H. The van der Waals surface area contributed by atoms with Crippen LogP contribution >= 0.6 is 0 Å². The van der Waals surface area contributed by atoms with Crippen molar-refractivity contribution in [2.24, 2.45) is 0 Å². The topological polar surface area (TPSA) is 23.8 Å². The third-order valence-electron chi connectivity index (χ3n) is 2.97. The monoisotopic (exact) mass is 297 g/mol. The van der Waals surface area contributed by atoms with Crippen molar-refractivity contribution < 1.29 is 22.0 Å². The average molecular weight is 297 g/mol. The molecule has 0 aliphatic carbocycles. The van der Waals surface area contributed by atoms with Crippen LogP contribution in [0.15, 0.2) is 48.5 Å². The Kier molecular flexibility index (Phi) is 3.69. The highest BCUT2D eigenvalue weighted by Gasteiger charge is 2.59. The summed E-state index contributed by atoms with van der Waals surface area (Å²) in [5.41, 5.74) is -2.95. The molecule has 2 aromatic carbocycles. The largest absolute Gasteiger partial charge is 0.341 e. The Morgan fingerprint density at radius 1 is 0.857 bits per heavy atom. The summed E-state index contributed by atoms with van der Waals surface area (Å²) in [6.45, 7) is 0. The van der Waals surface area contributed by atoms with E-state index in [4.69, 9.17) is 5.26 Å². The first kappa shape index (κ1) is 15.0. The average Bonchev–Trinajstić information content (AvgIpc) is 2.48. The van der Waals surface area contributed by atoms with Crippen molar-refractivity contribution in [3.63, 3.8) is 0 Å². The Labute approximate surface area is 117 Å². The SMILES string of the molecule is N#Cc1ccc(F)cc1C(F)(F)C(F)(F)c1ccccc1. The minimum Gasteiger partial charge on any atom is -0.207 e. The zero-order valence-electron chi connectivity index (χ0n) is 10.5. The van der Waals surface area contributed by atoms with Gasteiger partial charge in [0, 0.05) is 11.1 Å². The predicted molar refractivity (Wildman–Crippen MR) is 65.3 cm³/mol. The first-order valence-corrected chi connectivity index (χ1v) is 5.82. The Morgan fingerprint density at radius 3 is 2.05 bits per heavy atom. The van der Waals surface area contributed by atoms with E-state index < -0.39 is 34.4 Å². The lowest BCUT2D eigenvalue weighted by Crippen LogP contribution is -2.36. The highest BCUT2D eigenvalue weighted by atomic mass is 19.3. The van der Waals surface area contributed by atoms with Gasteiger partial charge in [0.1, 0.15) is 5.82 Å². The predicted octanol–water partition coefficient (Wildman–Crippen LogP) is 4.58. The van der Waals surface area contributed by atoms with E-state index in [9.17, 15) is 22.0 Å². The molecule has 0 aromatic heterocycles. The smallest absolute Gasteiger partial charge is 0.207 e. The molecule has 1 nitrogen and oxygen atoms in total. The Hall–Kier alpha value is -2.42. The summed E-state index contributed by atoms with van der Waals surface area (Å²) in [4.78, 5) is 0. The van der Waals surface area contributed by atoms with Gasteiger partial charge in [-0.05, 0) is 18.2 Å². The van der Waals surface area contributed by atoms with E-state index in [2.05, 4.69) is 0 Å². The molecular weight excluding hydrogens is 289 g/mol. The Morgan fingerprint density at radius 2 is 1.48 bits per heavy atom. The van der Waals surface area contributed by atoms with E-state index in [0.29, 0.717) is 0 Å². The van der Waals surface area contributed by atoms with Gasteiger partial charge in [0.05, 0.1) is 11.6 Å². The number of halogens is 5. The van der Waals surface area contributed by atoms with Crippen LogP contribution < -0.4 is 0 Å². The summed E-state index contributed by atoms with van der Waals surface area (Å²) < 4.78 is 69.6. The summed E-state index contributed by atoms with van der Waals surface area (Å²) >= 11 is 0. The van der Waals surface area contributed by atoms with Gasteiger partial charge in [-0.2, -0.15) is 22.8 Å². The maximum atomic E-state index is 14.2. The van der Waals surface area contributed by atoms with E-state index in [1.807, 2.05) is 0 Å². The maximum absolute atomic E-state index is 14.2. The van der Waals surface area contributed by atoms with Crippen molar-refractivity contribution in [1.82, 2.24) is 0 Å². The zero-order chi connectivity index (χ0) is 15.7. The van der Waals surface area contributed by atoms with Crippen LogP contribution in [0.3, 0.4) is 0 Å². The molecule has 108 valence electrons. The van der Waals surface area contributed by atoms with Gasteiger partial charge in [-0.15, -0.1) is 0 Å². The molecule has 0 N–H and O–H groups in total. The maximum Gasteiger partial charge on any atom is 0.341 e. The van der Waals surface area contributed by atoms with Crippen molar-refractivity contribution in [2.75, 3.05) is 0 Å². The Balaban J connectivity index is 2.62. The van der Waals surface area contributed by atoms with Gasteiger partial charge in [-0.1, -0.05) is 30.3 Å². The molecular formula is C15H8F5N. The molecule has 0 bridgehead atoms. The highest BCUT2D eigenvalue weighted by Crippen LogP contribution is 2.50. The van der Waals surface area contributed by atoms with Gasteiger partial charge in [-0.25, -0.2) is 4.39 Å². The molecule has 0 aliphatic heterocycles. The van der Waals surface area contributed by atoms with E-state index in [1.54, 1.807) is 0 Å². The second-order valence-electron chi connectivity index (χ2n) is 4.32. The molecule has 0 atom stereocenters. The summed E-state index contributed by atoms with van der Waals surface area (Å²) in [5, 5.41) is 8.76. The van der Waals surface area contributed by atoms with Crippen LogP contribution in [0.25, 0.3) is 0 Å².